The number of ether oxygens (including phenoxy) is 1. The Balaban J connectivity index is 1.70. The molecule has 7 heteroatoms. The molecule has 158 valence electrons. The van der Waals surface area contributed by atoms with Gasteiger partial charge in [-0.2, -0.15) is 0 Å². The lowest BCUT2D eigenvalue weighted by atomic mass is 9.70. The minimum absolute atomic E-state index is 0.0743. The maximum Gasteiger partial charge on any atom is 0.345 e. The van der Waals surface area contributed by atoms with E-state index in [9.17, 15) is 15.0 Å². The van der Waals surface area contributed by atoms with E-state index in [0.717, 1.165) is 41.5 Å². The number of fused-ring (bicyclic) bond motifs is 3. The van der Waals surface area contributed by atoms with Gasteiger partial charge in [-0.15, -0.1) is 0 Å². The van der Waals surface area contributed by atoms with E-state index in [2.05, 4.69) is 11.9 Å². The zero-order chi connectivity index (χ0) is 21.5. The number of nitrogens with zero attached hydrogens (tertiary/aromatic N) is 1. The number of carbonyl (C=O) groups is 1. The lowest BCUT2D eigenvalue weighted by Gasteiger charge is -2.35. The van der Waals surface area contributed by atoms with Crippen molar-refractivity contribution in [2.75, 3.05) is 0 Å². The van der Waals surface area contributed by atoms with E-state index in [1.807, 2.05) is 12.1 Å². The van der Waals surface area contributed by atoms with Crippen molar-refractivity contribution in [1.29, 1.82) is 0 Å². The van der Waals surface area contributed by atoms with E-state index in [4.69, 9.17) is 27.9 Å². The minimum atomic E-state index is -1.12. The molecule has 2 aliphatic rings. The number of aliphatic hydroxyl groups is 1. The van der Waals surface area contributed by atoms with Crippen molar-refractivity contribution in [3.63, 3.8) is 0 Å². The zero-order valence-electron chi connectivity index (χ0n) is 16.6. The van der Waals surface area contributed by atoms with Gasteiger partial charge in [-0.05, 0) is 59.9 Å². The zero-order valence-corrected chi connectivity index (χ0v) is 18.1. The second-order valence-corrected chi connectivity index (χ2v) is 8.80. The van der Waals surface area contributed by atoms with Crippen LogP contribution in [0.25, 0.3) is 5.57 Å². The highest BCUT2D eigenvalue weighted by Crippen LogP contribution is 2.58. The van der Waals surface area contributed by atoms with Crippen LogP contribution in [0.3, 0.4) is 0 Å². The van der Waals surface area contributed by atoms with Gasteiger partial charge in [-0.3, -0.25) is 4.98 Å². The molecule has 1 aromatic heterocycles. The van der Waals surface area contributed by atoms with Crippen LogP contribution in [0.1, 0.15) is 42.9 Å². The maximum atomic E-state index is 11.8. The number of pyridine rings is 1. The van der Waals surface area contributed by atoms with Crippen LogP contribution < -0.4 is 4.74 Å². The highest BCUT2D eigenvalue weighted by molar-refractivity contribution is 6.44. The molecule has 0 aliphatic heterocycles. The number of aromatic nitrogens is 1. The normalized spacial score (nSPS) is 23.3. The molecule has 1 heterocycles. The second-order valence-electron chi connectivity index (χ2n) is 8.04. The Labute approximate surface area is 185 Å². The van der Waals surface area contributed by atoms with Gasteiger partial charge in [0.1, 0.15) is 10.8 Å². The monoisotopic (exact) mass is 447 g/mol. The maximum absolute atomic E-state index is 11.8. The first-order valence-electron chi connectivity index (χ1n) is 10.0. The number of carboxylic acid groups (broad SMARTS) is 1. The molecule has 2 N–H and O–H groups in total. The van der Waals surface area contributed by atoms with E-state index in [1.54, 1.807) is 24.5 Å². The molecule has 0 saturated carbocycles. The third-order valence-corrected chi connectivity index (χ3v) is 7.12. The molecule has 1 aromatic carbocycles. The number of rotatable bonds is 6. The number of benzene rings is 1. The first kappa shape index (κ1) is 21.2. The number of halogens is 2. The van der Waals surface area contributed by atoms with Gasteiger partial charge in [0.25, 0.3) is 0 Å². The van der Waals surface area contributed by atoms with E-state index in [1.165, 1.54) is 0 Å². The van der Waals surface area contributed by atoms with E-state index in [0.29, 0.717) is 11.4 Å². The molecule has 0 amide bonds. The molecule has 2 aromatic rings. The SMILES string of the molecule is CCC12CCC(O)C=C1c1c(cc(OC(Cc3cccnc3)C(=O)O)c(Cl)c1Cl)C2. The van der Waals surface area contributed by atoms with Crippen molar-refractivity contribution in [1.82, 2.24) is 4.98 Å². The molecule has 2 aliphatic carbocycles. The van der Waals surface area contributed by atoms with Gasteiger partial charge in [0.05, 0.1) is 11.1 Å². The summed E-state index contributed by atoms with van der Waals surface area (Å²) in [5.41, 5.74) is 3.56. The minimum Gasteiger partial charge on any atom is -0.478 e. The molecule has 5 nitrogen and oxygen atoms in total. The average Bonchev–Trinajstić information content (AvgIpc) is 3.05. The Kier molecular flexibility index (Phi) is 5.80. The predicted molar refractivity (Wildman–Crippen MR) is 116 cm³/mol. The van der Waals surface area contributed by atoms with Gasteiger partial charge in [-0.25, -0.2) is 4.79 Å². The summed E-state index contributed by atoms with van der Waals surface area (Å²) in [6.45, 7) is 2.14. The Morgan fingerprint density at radius 2 is 2.20 bits per heavy atom. The molecule has 0 bridgehead atoms. The first-order valence-corrected chi connectivity index (χ1v) is 10.8. The quantitative estimate of drug-likeness (QED) is 0.654. The molecule has 0 spiro atoms. The molecule has 3 atom stereocenters. The number of aliphatic hydroxyl groups excluding tert-OH is 1. The summed E-state index contributed by atoms with van der Waals surface area (Å²) in [4.78, 5) is 15.8. The van der Waals surface area contributed by atoms with Gasteiger partial charge in [0.2, 0.25) is 0 Å². The van der Waals surface area contributed by atoms with E-state index in [-0.39, 0.29) is 22.6 Å². The fourth-order valence-corrected chi connectivity index (χ4v) is 5.14. The molecular weight excluding hydrogens is 425 g/mol. The summed E-state index contributed by atoms with van der Waals surface area (Å²) in [6.07, 6.45) is 6.96. The van der Waals surface area contributed by atoms with Crippen LogP contribution in [0.5, 0.6) is 5.75 Å². The summed E-state index contributed by atoms with van der Waals surface area (Å²) in [6, 6.07) is 5.37. The van der Waals surface area contributed by atoms with Crippen molar-refractivity contribution in [2.45, 2.75) is 51.2 Å². The van der Waals surface area contributed by atoms with Gasteiger partial charge >= 0.3 is 5.97 Å². The molecule has 0 saturated heterocycles. The van der Waals surface area contributed by atoms with E-state index < -0.39 is 18.2 Å². The van der Waals surface area contributed by atoms with Crippen LogP contribution in [-0.2, 0) is 17.6 Å². The molecular formula is C23H23Cl2NO4. The van der Waals surface area contributed by atoms with E-state index >= 15 is 0 Å². The largest absolute Gasteiger partial charge is 0.478 e. The van der Waals surface area contributed by atoms with Gasteiger partial charge < -0.3 is 14.9 Å². The number of hydrogen-bond donors (Lipinski definition) is 2. The second kappa shape index (κ2) is 8.22. The number of hydrogen-bond acceptors (Lipinski definition) is 4. The fraction of sp³-hybridized carbons (Fsp3) is 0.391. The molecule has 0 radical (unpaired) electrons. The van der Waals surface area contributed by atoms with Crippen LogP contribution in [0.2, 0.25) is 10.0 Å². The smallest absolute Gasteiger partial charge is 0.345 e. The molecule has 3 unspecified atom stereocenters. The average molecular weight is 448 g/mol. The summed E-state index contributed by atoms with van der Waals surface area (Å²) in [7, 11) is 0. The Morgan fingerprint density at radius 3 is 2.87 bits per heavy atom. The highest BCUT2D eigenvalue weighted by Gasteiger charge is 2.44. The van der Waals surface area contributed by atoms with Gasteiger partial charge in [0.15, 0.2) is 6.10 Å². The van der Waals surface area contributed by atoms with Crippen LogP contribution in [-0.4, -0.2) is 33.4 Å². The Morgan fingerprint density at radius 1 is 1.40 bits per heavy atom. The lowest BCUT2D eigenvalue weighted by Crippen LogP contribution is -2.29. The fourth-order valence-electron chi connectivity index (χ4n) is 4.63. The number of carboxylic acids is 1. The molecule has 4 rings (SSSR count). The Bertz CT molecular complexity index is 1010. The first-order chi connectivity index (χ1) is 14.3. The summed E-state index contributed by atoms with van der Waals surface area (Å²) in [5.74, 6) is -0.821. The van der Waals surface area contributed by atoms with Crippen molar-refractivity contribution in [3.05, 3.63) is 63.4 Å². The molecule has 30 heavy (non-hydrogen) atoms. The van der Waals surface area contributed by atoms with Crippen LogP contribution in [0.4, 0.5) is 0 Å². The number of aliphatic carboxylic acids is 1. The van der Waals surface area contributed by atoms with Crippen molar-refractivity contribution in [2.24, 2.45) is 5.41 Å². The third kappa shape index (κ3) is 3.70. The summed E-state index contributed by atoms with van der Waals surface area (Å²) < 4.78 is 5.85. The van der Waals surface area contributed by atoms with Crippen LogP contribution >= 0.6 is 23.2 Å². The standard InChI is InChI=1S/C23H23Cl2NO4/c1-2-23-6-5-15(27)10-16(23)19-14(11-23)9-17(20(24)21(19)25)30-18(22(28)29)8-13-4-3-7-26-12-13/h3-4,7,9-10,12,15,18,27H,2,5-6,8,11H2,1H3,(H,28,29). The van der Waals surface area contributed by atoms with Crippen LogP contribution in [0.15, 0.2) is 36.7 Å². The van der Waals surface area contributed by atoms with Gasteiger partial charge in [0, 0.05) is 24.4 Å². The third-order valence-electron chi connectivity index (χ3n) is 6.27. The summed E-state index contributed by atoms with van der Waals surface area (Å²) >= 11 is 13.2. The van der Waals surface area contributed by atoms with Crippen LogP contribution in [0, 0.1) is 5.41 Å². The molecule has 0 fully saturated rings. The summed E-state index contributed by atoms with van der Waals surface area (Å²) in [5, 5.41) is 20.4. The van der Waals surface area contributed by atoms with Gasteiger partial charge in [-0.1, -0.05) is 42.3 Å². The van der Waals surface area contributed by atoms with Crippen molar-refractivity contribution < 1.29 is 19.7 Å². The topological polar surface area (TPSA) is 79.7 Å². The van der Waals surface area contributed by atoms with Crippen molar-refractivity contribution >= 4 is 34.7 Å². The van der Waals surface area contributed by atoms with Crippen molar-refractivity contribution in [3.8, 4) is 5.75 Å². The lowest BCUT2D eigenvalue weighted by molar-refractivity contribution is -0.145. The highest BCUT2D eigenvalue weighted by atomic mass is 35.5. The Hall–Kier alpha value is -2.08. The predicted octanol–water partition coefficient (Wildman–Crippen LogP) is 4.95. The number of allylic oxidation sites excluding steroid dienone is 1.